The van der Waals surface area contributed by atoms with Crippen LogP contribution in [0.3, 0.4) is 0 Å². The van der Waals surface area contributed by atoms with Crippen LogP contribution in [0.15, 0.2) is 25.3 Å². The first-order valence-corrected chi connectivity index (χ1v) is 4.70. The van der Waals surface area contributed by atoms with E-state index in [2.05, 4.69) is 19.1 Å². The third-order valence-electron chi connectivity index (χ3n) is 1.72. The molecule has 0 aliphatic carbocycles. The average molecular weight is 224 g/mol. The minimum Gasteiger partial charge on any atom is -0.446 e. The van der Waals surface area contributed by atoms with E-state index in [1.165, 1.54) is 7.11 Å². The van der Waals surface area contributed by atoms with Gasteiger partial charge in [0.15, 0.2) is 6.10 Å². The lowest BCUT2D eigenvalue weighted by atomic mass is 10.1. The maximum absolute atomic E-state index is 10.9. The summed E-state index contributed by atoms with van der Waals surface area (Å²) in [4.78, 5) is 10.9. The molecule has 0 radical (unpaired) electrons. The summed E-state index contributed by atoms with van der Waals surface area (Å²) in [5.74, 6) is 1.79. The molecule has 0 aromatic carbocycles. The molecule has 4 nitrogen and oxygen atoms in total. The summed E-state index contributed by atoms with van der Waals surface area (Å²) in [5, 5.41) is 0. The van der Waals surface area contributed by atoms with Gasteiger partial charge in [-0.1, -0.05) is 18.6 Å². The van der Waals surface area contributed by atoms with Gasteiger partial charge in [-0.05, 0) is 0 Å². The highest BCUT2D eigenvalue weighted by atomic mass is 16.7. The van der Waals surface area contributed by atoms with Crippen molar-refractivity contribution in [1.29, 1.82) is 0 Å². The zero-order chi connectivity index (χ0) is 12.4. The highest BCUT2D eigenvalue weighted by Gasteiger charge is 2.15. The molecule has 0 spiro atoms. The minimum atomic E-state index is -0.662. The van der Waals surface area contributed by atoms with Crippen molar-refractivity contribution < 1.29 is 19.0 Å². The van der Waals surface area contributed by atoms with E-state index < -0.39 is 12.1 Å². The van der Waals surface area contributed by atoms with Gasteiger partial charge in [-0.2, -0.15) is 0 Å². The lowest BCUT2D eigenvalue weighted by Crippen LogP contribution is -2.23. The second-order valence-electron chi connectivity index (χ2n) is 2.88. The molecule has 0 saturated heterocycles. The SMILES string of the molecule is C#C[C@H](CC(C=C)OCOC)OC(=O)C=C. The Morgan fingerprint density at radius 3 is 2.69 bits per heavy atom. The molecular formula is C12H16O4. The van der Waals surface area contributed by atoms with Crippen LogP contribution >= 0.6 is 0 Å². The van der Waals surface area contributed by atoms with Crippen LogP contribution in [0.1, 0.15) is 6.42 Å². The van der Waals surface area contributed by atoms with Crippen molar-refractivity contribution in [2.45, 2.75) is 18.6 Å². The van der Waals surface area contributed by atoms with E-state index in [1.54, 1.807) is 6.08 Å². The molecule has 0 aromatic heterocycles. The Hall–Kier alpha value is -1.57. The lowest BCUT2D eigenvalue weighted by molar-refractivity contribution is -0.142. The molecule has 0 N–H and O–H groups in total. The van der Waals surface area contributed by atoms with Crippen LogP contribution in [0.5, 0.6) is 0 Å². The van der Waals surface area contributed by atoms with Gasteiger partial charge in [0.1, 0.15) is 6.79 Å². The van der Waals surface area contributed by atoms with Gasteiger partial charge in [-0.25, -0.2) is 4.79 Å². The van der Waals surface area contributed by atoms with Crippen molar-refractivity contribution in [2.75, 3.05) is 13.9 Å². The molecule has 0 saturated carbocycles. The standard InChI is InChI=1S/C12H16O4/c1-5-10(15-9-14-4)8-11(6-2)16-12(13)7-3/h2,5,7,10-11H,1,3,8-9H2,4H3/t10?,11-/m1/s1. The molecule has 16 heavy (non-hydrogen) atoms. The number of terminal acetylenes is 1. The van der Waals surface area contributed by atoms with E-state index in [4.69, 9.17) is 20.6 Å². The molecule has 0 aliphatic heterocycles. The Morgan fingerprint density at radius 1 is 1.56 bits per heavy atom. The smallest absolute Gasteiger partial charge is 0.331 e. The molecule has 2 atom stereocenters. The van der Waals surface area contributed by atoms with Crippen LogP contribution < -0.4 is 0 Å². The summed E-state index contributed by atoms with van der Waals surface area (Å²) in [6.07, 6.45) is 7.21. The fourth-order valence-electron chi connectivity index (χ4n) is 0.937. The quantitative estimate of drug-likeness (QED) is 0.205. The molecule has 88 valence electrons. The number of ether oxygens (including phenoxy) is 3. The van der Waals surface area contributed by atoms with Crippen LogP contribution in [0.25, 0.3) is 0 Å². The second-order valence-corrected chi connectivity index (χ2v) is 2.88. The van der Waals surface area contributed by atoms with Crippen molar-refractivity contribution >= 4 is 5.97 Å². The third kappa shape index (κ3) is 6.02. The molecule has 0 bridgehead atoms. The monoisotopic (exact) mass is 224 g/mol. The van der Waals surface area contributed by atoms with Crippen LogP contribution in [0.4, 0.5) is 0 Å². The summed E-state index contributed by atoms with van der Waals surface area (Å²) in [5.41, 5.74) is 0. The molecule has 0 fully saturated rings. The number of hydrogen-bond acceptors (Lipinski definition) is 4. The fourth-order valence-corrected chi connectivity index (χ4v) is 0.937. The second kappa shape index (κ2) is 8.72. The summed E-state index contributed by atoms with van der Waals surface area (Å²) >= 11 is 0. The Bertz CT molecular complexity index is 277. The van der Waals surface area contributed by atoms with Gasteiger partial charge >= 0.3 is 5.97 Å². The molecule has 0 heterocycles. The van der Waals surface area contributed by atoms with E-state index in [0.29, 0.717) is 6.42 Å². The van der Waals surface area contributed by atoms with E-state index in [1.807, 2.05) is 0 Å². The largest absolute Gasteiger partial charge is 0.446 e. The predicted molar refractivity (Wildman–Crippen MR) is 60.5 cm³/mol. The molecule has 0 aromatic rings. The molecule has 0 aliphatic rings. The zero-order valence-corrected chi connectivity index (χ0v) is 9.35. The first kappa shape index (κ1) is 14.4. The van der Waals surface area contributed by atoms with Gasteiger partial charge in [-0.15, -0.1) is 13.0 Å². The van der Waals surface area contributed by atoms with Gasteiger partial charge in [0.2, 0.25) is 0 Å². The zero-order valence-electron chi connectivity index (χ0n) is 9.35. The van der Waals surface area contributed by atoms with Gasteiger partial charge in [0.05, 0.1) is 6.10 Å². The first-order chi connectivity index (χ1) is 7.67. The fraction of sp³-hybridized carbons (Fsp3) is 0.417. The van der Waals surface area contributed by atoms with Gasteiger partial charge < -0.3 is 14.2 Å². The Kier molecular flexibility index (Phi) is 7.86. The van der Waals surface area contributed by atoms with Crippen molar-refractivity contribution in [2.24, 2.45) is 0 Å². The van der Waals surface area contributed by atoms with Gasteiger partial charge in [0, 0.05) is 19.6 Å². The summed E-state index contributed by atoms with van der Waals surface area (Å²) in [6, 6.07) is 0. The van der Waals surface area contributed by atoms with Crippen molar-refractivity contribution in [3.63, 3.8) is 0 Å². The number of esters is 1. The van der Waals surface area contributed by atoms with E-state index in [9.17, 15) is 4.79 Å². The maximum atomic E-state index is 10.9. The number of carbonyl (C=O) groups is 1. The Balaban J connectivity index is 4.17. The van der Waals surface area contributed by atoms with E-state index in [0.717, 1.165) is 6.08 Å². The predicted octanol–water partition coefficient (Wildman–Crippen LogP) is 1.28. The van der Waals surface area contributed by atoms with Crippen molar-refractivity contribution in [3.05, 3.63) is 25.3 Å². The van der Waals surface area contributed by atoms with Crippen molar-refractivity contribution in [3.8, 4) is 12.3 Å². The Morgan fingerprint density at radius 2 is 2.25 bits per heavy atom. The van der Waals surface area contributed by atoms with Crippen LogP contribution in [-0.2, 0) is 19.0 Å². The molecule has 1 unspecified atom stereocenters. The van der Waals surface area contributed by atoms with Crippen LogP contribution in [-0.4, -0.2) is 32.1 Å². The van der Waals surface area contributed by atoms with E-state index >= 15 is 0 Å². The normalized spacial score (nSPS) is 13.2. The number of hydrogen-bond donors (Lipinski definition) is 0. The van der Waals surface area contributed by atoms with Crippen LogP contribution in [0, 0.1) is 12.3 Å². The minimum absolute atomic E-state index is 0.128. The van der Waals surface area contributed by atoms with E-state index in [-0.39, 0.29) is 12.9 Å². The number of methoxy groups -OCH3 is 1. The lowest BCUT2D eigenvalue weighted by Gasteiger charge is -2.17. The number of rotatable bonds is 8. The average Bonchev–Trinajstić information content (AvgIpc) is 2.32. The highest BCUT2D eigenvalue weighted by molar-refractivity contribution is 5.81. The van der Waals surface area contributed by atoms with Gasteiger partial charge in [-0.3, -0.25) is 0 Å². The van der Waals surface area contributed by atoms with Crippen molar-refractivity contribution in [1.82, 2.24) is 0 Å². The summed E-state index contributed by atoms with van der Waals surface area (Å²) in [6.45, 7) is 7.00. The Labute approximate surface area is 95.9 Å². The molecular weight excluding hydrogens is 208 g/mol. The molecule has 4 heteroatoms. The summed E-state index contributed by atoms with van der Waals surface area (Å²) in [7, 11) is 1.51. The molecule has 0 amide bonds. The topological polar surface area (TPSA) is 44.8 Å². The third-order valence-corrected chi connectivity index (χ3v) is 1.72. The molecule has 0 rings (SSSR count). The van der Waals surface area contributed by atoms with Gasteiger partial charge in [0.25, 0.3) is 0 Å². The maximum Gasteiger partial charge on any atom is 0.331 e. The highest BCUT2D eigenvalue weighted by Crippen LogP contribution is 2.07. The summed E-state index contributed by atoms with van der Waals surface area (Å²) < 4.78 is 14.9. The first-order valence-electron chi connectivity index (χ1n) is 4.70. The van der Waals surface area contributed by atoms with Crippen LogP contribution in [0.2, 0.25) is 0 Å². The number of carbonyl (C=O) groups excluding carboxylic acids is 1.